The largest absolute Gasteiger partial charge is 0.374 e. The van der Waals surface area contributed by atoms with Crippen molar-refractivity contribution in [3.05, 3.63) is 42.2 Å². The fraction of sp³-hybridized carbons (Fsp3) is 0.353. The van der Waals surface area contributed by atoms with Gasteiger partial charge in [0.2, 0.25) is 5.67 Å². The highest BCUT2D eigenvalue weighted by Gasteiger charge is 2.43. The molecule has 0 aliphatic carbocycles. The minimum Gasteiger partial charge on any atom is -0.374 e. The van der Waals surface area contributed by atoms with Gasteiger partial charge in [-0.1, -0.05) is 6.07 Å². The number of imidazole rings is 1. The molecular formula is C17H14F2N4O. The highest BCUT2D eigenvalue weighted by molar-refractivity contribution is 5.82. The second-order valence-corrected chi connectivity index (χ2v) is 6.33. The highest BCUT2D eigenvalue weighted by Crippen LogP contribution is 2.35. The number of benzene rings is 1. The van der Waals surface area contributed by atoms with Crippen molar-refractivity contribution >= 4 is 11.0 Å². The molecule has 1 saturated heterocycles. The number of rotatable bonds is 2. The lowest BCUT2D eigenvalue weighted by Gasteiger charge is -2.31. The van der Waals surface area contributed by atoms with Gasteiger partial charge >= 0.3 is 0 Å². The quantitative estimate of drug-likeness (QED) is 0.725. The van der Waals surface area contributed by atoms with Crippen LogP contribution in [-0.4, -0.2) is 32.7 Å². The number of fused-ring (bicyclic) bond motifs is 3. The minimum atomic E-state index is -1.56. The van der Waals surface area contributed by atoms with Crippen LogP contribution in [0.15, 0.2) is 30.6 Å². The van der Waals surface area contributed by atoms with Crippen LogP contribution in [0.25, 0.3) is 22.2 Å². The van der Waals surface area contributed by atoms with Crippen molar-refractivity contribution in [2.75, 3.05) is 13.2 Å². The summed E-state index contributed by atoms with van der Waals surface area (Å²) in [6.45, 7) is 0.644. The molecule has 2 aromatic heterocycles. The third-order valence-corrected chi connectivity index (χ3v) is 4.71. The summed E-state index contributed by atoms with van der Waals surface area (Å²) < 4.78 is 34.9. The lowest BCUT2D eigenvalue weighted by Crippen LogP contribution is -2.43. The molecule has 0 spiro atoms. The maximum absolute atomic E-state index is 14.2. The first-order valence-electron chi connectivity index (χ1n) is 7.88. The number of aromatic nitrogens is 4. The zero-order valence-corrected chi connectivity index (χ0v) is 12.7. The molecule has 5 rings (SSSR count). The predicted octanol–water partition coefficient (Wildman–Crippen LogP) is 3.10. The third-order valence-electron chi connectivity index (χ3n) is 4.71. The first-order chi connectivity index (χ1) is 11.6. The average molecular weight is 328 g/mol. The Morgan fingerprint density at radius 1 is 1.17 bits per heavy atom. The van der Waals surface area contributed by atoms with Gasteiger partial charge in [0.25, 0.3) is 0 Å². The van der Waals surface area contributed by atoms with Crippen molar-refractivity contribution in [2.45, 2.75) is 24.8 Å². The molecule has 5 nitrogen and oxygen atoms in total. The molecule has 0 saturated carbocycles. The maximum Gasteiger partial charge on any atom is 0.215 e. The van der Waals surface area contributed by atoms with Crippen LogP contribution in [0, 0.1) is 0 Å². The van der Waals surface area contributed by atoms with Crippen LogP contribution < -0.4 is 0 Å². The Hall–Kier alpha value is -2.41. The van der Waals surface area contributed by atoms with Crippen LogP contribution in [0.5, 0.6) is 0 Å². The Kier molecular flexibility index (Phi) is 2.79. The summed E-state index contributed by atoms with van der Waals surface area (Å²) in [7, 11) is 0. The molecule has 0 bridgehead atoms. The van der Waals surface area contributed by atoms with Gasteiger partial charge < -0.3 is 9.30 Å². The fourth-order valence-electron chi connectivity index (χ4n) is 3.29. The first-order valence-corrected chi connectivity index (χ1v) is 7.88. The summed E-state index contributed by atoms with van der Waals surface area (Å²) in [4.78, 5) is 12.7. The van der Waals surface area contributed by atoms with Crippen molar-refractivity contribution in [3.63, 3.8) is 0 Å². The van der Waals surface area contributed by atoms with E-state index in [9.17, 15) is 8.78 Å². The molecule has 1 fully saturated rings. The Morgan fingerprint density at radius 3 is 2.67 bits per heavy atom. The van der Waals surface area contributed by atoms with Gasteiger partial charge in [-0.15, -0.1) is 0 Å². The summed E-state index contributed by atoms with van der Waals surface area (Å²) in [5.41, 5.74) is 1.81. The number of halogens is 2. The molecular weight excluding hydrogens is 314 g/mol. The SMILES string of the molecule is FC1CCn2c1nc1ccc(-c3cnc(C4(F)COC4)nc3)cc12. The van der Waals surface area contributed by atoms with E-state index < -0.39 is 11.8 Å². The van der Waals surface area contributed by atoms with Gasteiger partial charge in [0.15, 0.2) is 12.0 Å². The van der Waals surface area contributed by atoms with Gasteiger partial charge in [0.05, 0.1) is 24.2 Å². The van der Waals surface area contributed by atoms with Crippen molar-refractivity contribution in [1.82, 2.24) is 19.5 Å². The van der Waals surface area contributed by atoms with E-state index >= 15 is 0 Å². The summed E-state index contributed by atoms with van der Waals surface area (Å²) in [6.07, 6.45) is 2.71. The van der Waals surface area contributed by atoms with Crippen LogP contribution in [0.2, 0.25) is 0 Å². The van der Waals surface area contributed by atoms with E-state index in [1.807, 2.05) is 22.8 Å². The molecule has 1 aromatic carbocycles. The summed E-state index contributed by atoms with van der Waals surface area (Å²) >= 11 is 0. The summed E-state index contributed by atoms with van der Waals surface area (Å²) in [5, 5.41) is 0. The second-order valence-electron chi connectivity index (χ2n) is 6.33. The van der Waals surface area contributed by atoms with Crippen LogP contribution in [0.4, 0.5) is 8.78 Å². The fourth-order valence-corrected chi connectivity index (χ4v) is 3.29. The number of hydrogen-bond donors (Lipinski definition) is 0. The van der Waals surface area contributed by atoms with Gasteiger partial charge in [-0.2, -0.15) is 0 Å². The van der Waals surface area contributed by atoms with E-state index in [-0.39, 0.29) is 19.0 Å². The normalized spacial score (nSPS) is 21.7. The number of ether oxygens (including phenoxy) is 1. The van der Waals surface area contributed by atoms with Crippen molar-refractivity contribution < 1.29 is 13.5 Å². The number of hydrogen-bond acceptors (Lipinski definition) is 4. The first kappa shape index (κ1) is 14.0. The molecule has 2 aliphatic rings. The van der Waals surface area contributed by atoms with Gasteiger partial charge in [-0.3, -0.25) is 0 Å². The molecule has 0 radical (unpaired) electrons. The Bertz CT molecular complexity index is 934. The molecule has 24 heavy (non-hydrogen) atoms. The van der Waals surface area contributed by atoms with Gasteiger partial charge in [0.1, 0.15) is 5.82 Å². The topological polar surface area (TPSA) is 52.8 Å². The molecule has 0 amide bonds. The van der Waals surface area contributed by atoms with Crippen molar-refractivity contribution in [3.8, 4) is 11.1 Å². The second kappa shape index (κ2) is 4.80. The number of alkyl halides is 2. The third kappa shape index (κ3) is 1.91. The van der Waals surface area contributed by atoms with E-state index in [4.69, 9.17) is 4.74 Å². The highest BCUT2D eigenvalue weighted by atomic mass is 19.1. The van der Waals surface area contributed by atoms with Gasteiger partial charge in [-0.05, 0) is 17.7 Å². The van der Waals surface area contributed by atoms with Crippen molar-refractivity contribution in [2.24, 2.45) is 0 Å². The molecule has 2 aliphatic heterocycles. The van der Waals surface area contributed by atoms with E-state index in [1.54, 1.807) is 12.4 Å². The average Bonchev–Trinajstić information content (AvgIpc) is 3.12. The zero-order valence-electron chi connectivity index (χ0n) is 12.7. The zero-order chi connectivity index (χ0) is 16.3. The predicted molar refractivity (Wildman–Crippen MR) is 82.8 cm³/mol. The van der Waals surface area contributed by atoms with E-state index in [1.165, 1.54) is 0 Å². The number of aryl methyl sites for hydroxylation is 1. The maximum atomic E-state index is 14.2. The lowest BCUT2D eigenvalue weighted by molar-refractivity contribution is -0.140. The monoisotopic (exact) mass is 328 g/mol. The standard InChI is InChI=1S/C17H14F2N4O/c18-12-3-4-23-14-5-10(1-2-13(14)22-15(12)23)11-6-20-16(21-7-11)17(19)8-24-9-17/h1-2,5-7,12H,3-4,8-9H2. The lowest BCUT2D eigenvalue weighted by atomic mass is 10.0. The van der Waals surface area contributed by atoms with Crippen LogP contribution in [0.1, 0.15) is 24.2 Å². The summed E-state index contributed by atoms with van der Waals surface area (Å²) in [6, 6.07) is 5.72. The molecule has 0 N–H and O–H groups in total. The van der Waals surface area contributed by atoms with E-state index in [2.05, 4.69) is 15.0 Å². The van der Waals surface area contributed by atoms with Crippen molar-refractivity contribution in [1.29, 1.82) is 0 Å². The Morgan fingerprint density at radius 2 is 1.96 bits per heavy atom. The molecule has 1 atom stereocenters. The number of nitrogens with zero attached hydrogens (tertiary/aromatic N) is 4. The Labute approximate surface area is 136 Å². The summed E-state index contributed by atoms with van der Waals surface area (Å²) in [5.74, 6) is 0.655. The molecule has 122 valence electrons. The van der Waals surface area contributed by atoms with Crippen LogP contribution >= 0.6 is 0 Å². The van der Waals surface area contributed by atoms with E-state index in [0.29, 0.717) is 18.8 Å². The van der Waals surface area contributed by atoms with Crippen LogP contribution in [-0.2, 0) is 17.0 Å². The Balaban J connectivity index is 1.54. The molecule has 4 heterocycles. The van der Waals surface area contributed by atoms with Gasteiger partial charge in [0, 0.05) is 30.9 Å². The molecule has 3 aromatic rings. The van der Waals surface area contributed by atoms with E-state index in [0.717, 1.165) is 22.2 Å². The van der Waals surface area contributed by atoms with Crippen LogP contribution in [0.3, 0.4) is 0 Å². The smallest absolute Gasteiger partial charge is 0.215 e. The minimum absolute atomic E-state index is 0.00463. The molecule has 7 heteroatoms. The van der Waals surface area contributed by atoms with Gasteiger partial charge in [-0.25, -0.2) is 23.7 Å². The molecule has 1 unspecified atom stereocenters.